The SMILES string of the molecule is CC/C=C\C/C=C\C/C=C\C/C=C\CCC(=O)OC(COC(=O)CCCCCCCCCCC/C=C\CCCCCCCC)COC1OC(C(=O)O)C(O)C(O)C1OC(=O)CCCCCCCCC/C=C\CCCCCCCC. The average molecular weight is 1110 g/mol. The molecule has 0 aliphatic carbocycles. The highest BCUT2D eigenvalue weighted by Gasteiger charge is 2.50. The molecule has 1 heterocycles. The van der Waals surface area contributed by atoms with Gasteiger partial charge in [-0.15, -0.1) is 0 Å². The van der Waals surface area contributed by atoms with Gasteiger partial charge < -0.3 is 39.0 Å². The lowest BCUT2D eigenvalue weighted by Crippen LogP contribution is -2.61. The number of allylic oxidation sites excluding steroid dienone is 12. The van der Waals surface area contributed by atoms with Crippen LogP contribution in [0.2, 0.25) is 0 Å². The van der Waals surface area contributed by atoms with E-state index in [-0.39, 0.29) is 25.9 Å². The van der Waals surface area contributed by atoms with Crippen LogP contribution >= 0.6 is 0 Å². The molecule has 1 aliphatic rings. The molecule has 0 amide bonds. The van der Waals surface area contributed by atoms with Gasteiger partial charge in [-0.1, -0.05) is 235 Å². The second-order valence-electron chi connectivity index (χ2n) is 21.7. The highest BCUT2D eigenvalue weighted by atomic mass is 16.7. The molecule has 0 radical (unpaired) electrons. The zero-order chi connectivity index (χ0) is 57.5. The minimum atomic E-state index is -1.92. The molecule has 0 aromatic carbocycles. The Balaban J connectivity index is 2.67. The number of carbonyl (C=O) groups excluding carboxylic acids is 3. The number of carboxylic acids is 1. The molecule has 1 aliphatic heterocycles. The Morgan fingerprint density at radius 2 is 0.823 bits per heavy atom. The number of carboxylic acid groups (broad SMARTS) is 1. The van der Waals surface area contributed by atoms with E-state index in [1.807, 2.05) is 12.2 Å². The van der Waals surface area contributed by atoms with Crippen molar-refractivity contribution in [3.63, 3.8) is 0 Å². The maximum absolute atomic E-state index is 13.1. The number of rotatable bonds is 54. The van der Waals surface area contributed by atoms with Gasteiger partial charge in [-0.2, -0.15) is 0 Å². The molecule has 1 rings (SSSR count). The largest absolute Gasteiger partial charge is 0.479 e. The van der Waals surface area contributed by atoms with Gasteiger partial charge in [0, 0.05) is 19.3 Å². The molecule has 0 aromatic heterocycles. The number of carbonyl (C=O) groups is 4. The van der Waals surface area contributed by atoms with Crippen LogP contribution in [0, 0.1) is 0 Å². The molecule has 12 heteroatoms. The van der Waals surface area contributed by atoms with Crippen molar-refractivity contribution in [3.8, 4) is 0 Å². The van der Waals surface area contributed by atoms with E-state index in [1.165, 1.54) is 135 Å². The van der Waals surface area contributed by atoms with Gasteiger partial charge in [0.15, 0.2) is 24.6 Å². The summed E-state index contributed by atoms with van der Waals surface area (Å²) in [7, 11) is 0. The third-order valence-corrected chi connectivity index (χ3v) is 14.3. The van der Waals surface area contributed by atoms with Crippen LogP contribution < -0.4 is 0 Å². The van der Waals surface area contributed by atoms with E-state index in [2.05, 4.69) is 81.5 Å². The van der Waals surface area contributed by atoms with Crippen LogP contribution in [0.15, 0.2) is 72.9 Å². The molecule has 6 atom stereocenters. The number of esters is 3. The molecule has 12 nitrogen and oxygen atoms in total. The Morgan fingerprint density at radius 1 is 0.430 bits per heavy atom. The molecule has 3 N–H and O–H groups in total. The van der Waals surface area contributed by atoms with Gasteiger partial charge in [0.25, 0.3) is 0 Å². The second-order valence-corrected chi connectivity index (χ2v) is 21.7. The first kappa shape index (κ1) is 73.2. The molecule has 0 saturated carbocycles. The van der Waals surface area contributed by atoms with E-state index in [0.29, 0.717) is 25.7 Å². The van der Waals surface area contributed by atoms with E-state index in [9.17, 15) is 34.5 Å². The van der Waals surface area contributed by atoms with Crippen molar-refractivity contribution in [1.29, 1.82) is 0 Å². The number of hydrogen-bond donors (Lipinski definition) is 3. The Bertz CT molecular complexity index is 1650. The third kappa shape index (κ3) is 44.5. The maximum atomic E-state index is 13.1. The fraction of sp³-hybridized carbons (Fsp3) is 0.761. The minimum absolute atomic E-state index is 0.0402. The van der Waals surface area contributed by atoms with Crippen molar-refractivity contribution >= 4 is 23.9 Å². The van der Waals surface area contributed by atoms with Crippen LogP contribution in [-0.2, 0) is 42.9 Å². The van der Waals surface area contributed by atoms with Crippen LogP contribution in [0.3, 0.4) is 0 Å². The first-order valence-electron chi connectivity index (χ1n) is 31.9. The highest BCUT2D eigenvalue weighted by molar-refractivity contribution is 5.74. The Morgan fingerprint density at radius 3 is 1.27 bits per heavy atom. The molecule has 1 saturated heterocycles. The molecular formula is C67H114O12. The molecule has 1 fully saturated rings. The summed E-state index contributed by atoms with van der Waals surface area (Å²) in [5.74, 6) is -3.23. The van der Waals surface area contributed by atoms with Crippen molar-refractivity contribution in [2.45, 2.75) is 314 Å². The Hall–Kier alpha value is -3.84. The minimum Gasteiger partial charge on any atom is -0.479 e. The van der Waals surface area contributed by atoms with Crippen molar-refractivity contribution in [1.82, 2.24) is 0 Å². The zero-order valence-electron chi connectivity index (χ0n) is 50.1. The summed E-state index contributed by atoms with van der Waals surface area (Å²) in [6, 6.07) is 0. The fourth-order valence-corrected chi connectivity index (χ4v) is 9.37. The normalized spacial score (nSPS) is 18.3. The van der Waals surface area contributed by atoms with E-state index in [4.69, 9.17) is 23.7 Å². The van der Waals surface area contributed by atoms with Crippen molar-refractivity contribution < 1.29 is 58.2 Å². The number of aliphatic hydroxyl groups excluding tert-OH is 2. The molecular weight excluding hydrogens is 997 g/mol. The van der Waals surface area contributed by atoms with Gasteiger partial charge in [0.05, 0.1) is 6.61 Å². The predicted octanol–water partition coefficient (Wildman–Crippen LogP) is 16.9. The molecule has 454 valence electrons. The fourth-order valence-electron chi connectivity index (χ4n) is 9.37. The highest BCUT2D eigenvalue weighted by Crippen LogP contribution is 2.26. The van der Waals surface area contributed by atoms with Gasteiger partial charge in [-0.3, -0.25) is 14.4 Å². The van der Waals surface area contributed by atoms with Crippen LogP contribution in [0.5, 0.6) is 0 Å². The summed E-state index contributed by atoms with van der Waals surface area (Å²) in [6.45, 7) is 5.83. The molecule has 79 heavy (non-hydrogen) atoms. The number of unbranched alkanes of at least 4 members (excludes halogenated alkanes) is 28. The number of ether oxygens (including phenoxy) is 5. The zero-order valence-corrected chi connectivity index (χ0v) is 50.1. The third-order valence-electron chi connectivity index (χ3n) is 14.3. The van der Waals surface area contributed by atoms with E-state index >= 15 is 0 Å². The van der Waals surface area contributed by atoms with Gasteiger partial charge in [0.2, 0.25) is 0 Å². The van der Waals surface area contributed by atoms with E-state index in [1.54, 1.807) is 0 Å². The Kier molecular flexibility index (Phi) is 50.7. The second kappa shape index (κ2) is 54.7. The number of aliphatic hydroxyl groups is 2. The summed E-state index contributed by atoms with van der Waals surface area (Å²) in [5, 5.41) is 31.5. The van der Waals surface area contributed by atoms with Gasteiger partial charge in [0.1, 0.15) is 18.8 Å². The number of aliphatic carboxylic acids is 1. The quantitative estimate of drug-likeness (QED) is 0.0228. The van der Waals surface area contributed by atoms with E-state index < -0.39 is 67.3 Å². The van der Waals surface area contributed by atoms with Crippen LogP contribution in [0.1, 0.15) is 278 Å². The van der Waals surface area contributed by atoms with Crippen molar-refractivity contribution in [2.24, 2.45) is 0 Å². The van der Waals surface area contributed by atoms with Crippen LogP contribution in [-0.4, -0.2) is 89.2 Å². The first-order valence-corrected chi connectivity index (χ1v) is 31.9. The van der Waals surface area contributed by atoms with Crippen LogP contribution in [0.25, 0.3) is 0 Å². The lowest BCUT2D eigenvalue weighted by molar-refractivity contribution is -0.301. The lowest BCUT2D eigenvalue weighted by atomic mass is 9.98. The van der Waals surface area contributed by atoms with Crippen molar-refractivity contribution in [2.75, 3.05) is 13.2 Å². The summed E-state index contributed by atoms with van der Waals surface area (Å²) >= 11 is 0. The van der Waals surface area contributed by atoms with E-state index in [0.717, 1.165) is 77.0 Å². The van der Waals surface area contributed by atoms with Crippen LogP contribution in [0.4, 0.5) is 0 Å². The molecule has 0 aromatic rings. The monoisotopic (exact) mass is 1110 g/mol. The standard InChI is InChI=1S/C67H114O12/c1-4-7-10-13-16-19-22-25-27-29-30-32-33-36-38-41-44-47-50-53-59(68)75-56-58(77-60(69)54-51-48-45-42-39-35-24-21-18-15-12-9-6-3)57-76-67-65(63(72)62(71)64(79-67)66(73)74)78-61(70)55-52-49-46-43-40-37-34-31-28-26-23-20-17-14-11-8-5-2/h9,12,18,21,25-28,35,39,45,48,58,62-65,67,71-72H,4-8,10-11,13-17,19-20,22-24,29-34,36-38,40-44,46-47,49-57H2,1-3H3,(H,73,74)/b12-9-,21-18-,27-25-,28-26-,39-35-,48-45-. The van der Waals surface area contributed by atoms with Gasteiger partial charge in [-0.05, 0) is 96.3 Å². The molecule has 0 bridgehead atoms. The predicted molar refractivity (Wildman–Crippen MR) is 322 cm³/mol. The smallest absolute Gasteiger partial charge is 0.335 e. The van der Waals surface area contributed by atoms with Gasteiger partial charge >= 0.3 is 23.9 Å². The summed E-state index contributed by atoms with van der Waals surface area (Å²) < 4.78 is 28.4. The topological polar surface area (TPSA) is 175 Å². The summed E-state index contributed by atoms with van der Waals surface area (Å²) in [6.07, 6.45) is 57.4. The first-order chi connectivity index (χ1) is 38.6. The molecule has 6 unspecified atom stereocenters. The number of hydrogen-bond acceptors (Lipinski definition) is 11. The summed E-state index contributed by atoms with van der Waals surface area (Å²) in [4.78, 5) is 51.2. The van der Waals surface area contributed by atoms with Crippen molar-refractivity contribution in [3.05, 3.63) is 72.9 Å². The lowest BCUT2D eigenvalue weighted by Gasteiger charge is -2.40. The maximum Gasteiger partial charge on any atom is 0.335 e. The Labute approximate surface area is 480 Å². The van der Waals surface area contributed by atoms with Gasteiger partial charge in [-0.25, -0.2) is 4.79 Å². The average Bonchev–Trinajstić information content (AvgIpc) is 3.44. The molecule has 0 spiro atoms. The summed E-state index contributed by atoms with van der Waals surface area (Å²) in [5.41, 5.74) is 0.